The lowest BCUT2D eigenvalue weighted by Gasteiger charge is -2.35. The van der Waals surface area contributed by atoms with Crippen LogP contribution in [0.1, 0.15) is 55.3 Å². The van der Waals surface area contributed by atoms with Crippen LogP contribution in [0.2, 0.25) is 0 Å². The lowest BCUT2D eigenvalue weighted by molar-refractivity contribution is -0.0498. The van der Waals surface area contributed by atoms with Gasteiger partial charge in [-0.05, 0) is 56.3 Å². The summed E-state index contributed by atoms with van der Waals surface area (Å²) in [4.78, 5) is 0. The van der Waals surface area contributed by atoms with Gasteiger partial charge >= 0.3 is 0 Å². The van der Waals surface area contributed by atoms with Gasteiger partial charge < -0.3 is 5.32 Å². The van der Waals surface area contributed by atoms with Crippen molar-refractivity contribution in [2.24, 2.45) is 5.92 Å². The maximum Gasteiger partial charge on any atom is 0.248 e. The van der Waals surface area contributed by atoms with Crippen molar-refractivity contribution in [1.29, 1.82) is 0 Å². The lowest BCUT2D eigenvalue weighted by atomic mass is 9.78. The molecule has 1 fully saturated rings. The molecule has 0 aliphatic heterocycles. The van der Waals surface area contributed by atoms with E-state index in [1.807, 2.05) is 26.8 Å². The summed E-state index contributed by atoms with van der Waals surface area (Å²) in [6.45, 7) is 6.42. The van der Waals surface area contributed by atoms with Crippen molar-refractivity contribution in [2.75, 3.05) is 6.54 Å². The molecule has 1 nitrogen and oxygen atoms in total. The summed E-state index contributed by atoms with van der Waals surface area (Å²) in [5.41, 5.74) is 2.44. The molecule has 21 heavy (non-hydrogen) atoms. The van der Waals surface area contributed by atoms with E-state index in [0.29, 0.717) is 24.9 Å². The molecule has 1 unspecified atom stereocenters. The fourth-order valence-corrected chi connectivity index (χ4v) is 3.44. The van der Waals surface area contributed by atoms with Gasteiger partial charge in [0.1, 0.15) is 5.82 Å². The Bertz CT molecular complexity index is 466. The average Bonchev–Trinajstić information content (AvgIpc) is 2.37. The number of hydrogen-bond donors (Lipinski definition) is 1. The molecule has 0 saturated heterocycles. The maximum atomic E-state index is 14.4. The van der Waals surface area contributed by atoms with E-state index >= 15 is 0 Å². The first-order valence-electron chi connectivity index (χ1n) is 7.72. The first-order chi connectivity index (χ1) is 9.84. The molecule has 1 atom stereocenters. The molecule has 1 aromatic carbocycles. The standard InChI is InChI=1S/C17H24F3N/c1-4-21-16(13-5-7-17(19,20)8-6-13)15-12(3)9-11(2)10-14(15)18/h9-10,13,16,21H,4-8H2,1-3H3. The van der Waals surface area contributed by atoms with E-state index in [0.717, 1.165) is 11.1 Å². The quantitative estimate of drug-likeness (QED) is 0.832. The topological polar surface area (TPSA) is 12.0 Å². The van der Waals surface area contributed by atoms with E-state index in [4.69, 9.17) is 0 Å². The highest BCUT2D eigenvalue weighted by Crippen LogP contribution is 2.42. The van der Waals surface area contributed by atoms with Crippen LogP contribution >= 0.6 is 0 Å². The van der Waals surface area contributed by atoms with E-state index in [1.54, 1.807) is 0 Å². The van der Waals surface area contributed by atoms with Crippen molar-refractivity contribution in [3.8, 4) is 0 Å². The lowest BCUT2D eigenvalue weighted by Crippen LogP contribution is -2.35. The van der Waals surface area contributed by atoms with Crippen LogP contribution in [-0.4, -0.2) is 12.5 Å². The van der Waals surface area contributed by atoms with Gasteiger partial charge in [0, 0.05) is 24.4 Å². The summed E-state index contributed by atoms with van der Waals surface area (Å²) >= 11 is 0. The zero-order valence-electron chi connectivity index (χ0n) is 13.0. The molecule has 4 heteroatoms. The molecule has 1 aliphatic carbocycles. The molecule has 0 bridgehead atoms. The predicted molar refractivity (Wildman–Crippen MR) is 79.2 cm³/mol. The average molecular weight is 299 g/mol. The fourth-order valence-electron chi connectivity index (χ4n) is 3.44. The SMILES string of the molecule is CCNC(c1c(C)cc(C)cc1F)C1CCC(F)(F)CC1. The van der Waals surface area contributed by atoms with Gasteiger partial charge in [0.2, 0.25) is 5.92 Å². The summed E-state index contributed by atoms with van der Waals surface area (Å²) in [5, 5.41) is 3.31. The van der Waals surface area contributed by atoms with Gasteiger partial charge in [-0.2, -0.15) is 0 Å². The second kappa shape index (κ2) is 6.39. The predicted octanol–water partition coefficient (Wildman–Crippen LogP) is 4.92. The number of hydrogen-bond acceptors (Lipinski definition) is 1. The van der Waals surface area contributed by atoms with Crippen LogP contribution in [0.3, 0.4) is 0 Å². The van der Waals surface area contributed by atoms with E-state index in [1.165, 1.54) is 6.07 Å². The number of rotatable bonds is 4. The minimum Gasteiger partial charge on any atom is -0.310 e. The molecule has 2 rings (SSSR count). The Morgan fingerprint density at radius 1 is 1.24 bits per heavy atom. The number of nitrogens with one attached hydrogen (secondary N) is 1. The Morgan fingerprint density at radius 3 is 2.38 bits per heavy atom. The zero-order chi connectivity index (χ0) is 15.6. The van der Waals surface area contributed by atoms with Gasteiger partial charge in [0.15, 0.2) is 0 Å². The third-order valence-electron chi connectivity index (χ3n) is 4.45. The zero-order valence-corrected chi connectivity index (χ0v) is 13.0. The number of halogens is 3. The van der Waals surface area contributed by atoms with E-state index in [-0.39, 0.29) is 30.6 Å². The molecule has 0 aromatic heterocycles. The molecule has 1 aromatic rings. The molecule has 0 amide bonds. The van der Waals surface area contributed by atoms with E-state index < -0.39 is 5.92 Å². The summed E-state index contributed by atoms with van der Waals surface area (Å²) in [6.07, 6.45) is 0.701. The first-order valence-corrected chi connectivity index (χ1v) is 7.72. The molecule has 1 aliphatic rings. The Morgan fingerprint density at radius 2 is 1.86 bits per heavy atom. The highest BCUT2D eigenvalue weighted by Gasteiger charge is 2.38. The molecule has 1 saturated carbocycles. The third-order valence-corrected chi connectivity index (χ3v) is 4.45. The van der Waals surface area contributed by atoms with Crippen molar-refractivity contribution in [3.63, 3.8) is 0 Å². The van der Waals surface area contributed by atoms with Gasteiger partial charge in [0.25, 0.3) is 0 Å². The molecular formula is C17H24F3N. The maximum absolute atomic E-state index is 14.4. The van der Waals surface area contributed by atoms with Crippen molar-refractivity contribution in [1.82, 2.24) is 5.32 Å². The van der Waals surface area contributed by atoms with Crippen LogP contribution in [0.5, 0.6) is 0 Å². The number of alkyl halides is 2. The van der Waals surface area contributed by atoms with Gasteiger partial charge in [-0.15, -0.1) is 0 Å². The Kier molecular flexibility index (Phi) is 4.97. The van der Waals surface area contributed by atoms with E-state index in [9.17, 15) is 13.2 Å². The third kappa shape index (κ3) is 3.79. The molecular weight excluding hydrogens is 275 g/mol. The molecule has 118 valence electrons. The Hall–Kier alpha value is -1.03. The van der Waals surface area contributed by atoms with Gasteiger partial charge in [-0.3, -0.25) is 0 Å². The fraction of sp³-hybridized carbons (Fsp3) is 0.647. The Balaban J connectivity index is 2.28. The second-order valence-corrected chi connectivity index (χ2v) is 6.21. The highest BCUT2D eigenvalue weighted by atomic mass is 19.3. The van der Waals surface area contributed by atoms with Gasteiger partial charge in [-0.1, -0.05) is 13.0 Å². The summed E-state index contributed by atoms with van der Waals surface area (Å²) < 4.78 is 41.1. The summed E-state index contributed by atoms with van der Waals surface area (Å²) in [7, 11) is 0. The van der Waals surface area contributed by atoms with E-state index in [2.05, 4.69) is 5.32 Å². The van der Waals surface area contributed by atoms with Crippen molar-refractivity contribution < 1.29 is 13.2 Å². The largest absolute Gasteiger partial charge is 0.310 e. The summed E-state index contributed by atoms with van der Waals surface area (Å²) in [6, 6.07) is 3.32. The van der Waals surface area contributed by atoms with Gasteiger partial charge in [-0.25, -0.2) is 13.2 Å². The van der Waals surface area contributed by atoms with Crippen LogP contribution in [-0.2, 0) is 0 Å². The molecule has 0 heterocycles. The summed E-state index contributed by atoms with van der Waals surface area (Å²) in [5.74, 6) is -2.70. The van der Waals surface area contributed by atoms with Crippen molar-refractivity contribution >= 4 is 0 Å². The first kappa shape index (κ1) is 16.3. The molecule has 0 spiro atoms. The monoisotopic (exact) mass is 299 g/mol. The highest BCUT2D eigenvalue weighted by molar-refractivity contribution is 5.35. The second-order valence-electron chi connectivity index (χ2n) is 6.21. The Labute approximate surface area is 124 Å². The van der Waals surface area contributed by atoms with Gasteiger partial charge in [0.05, 0.1) is 0 Å². The van der Waals surface area contributed by atoms with Crippen LogP contribution < -0.4 is 5.32 Å². The van der Waals surface area contributed by atoms with Crippen LogP contribution in [0.25, 0.3) is 0 Å². The minimum atomic E-state index is -2.55. The van der Waals surface area contributed by atoms with Crippen molar-refractivity contribution in [2.45, 2.75) is 58.4 Å². The number of aryl methyl sites for hydroxylation is 2. The molecule has 1 N–H and O–H groups in total. The number of benzene rings is 1. The van der Waals surface area contributed by atoms with Crippen LogP contribution in [0.15, 0.2) is 12.1 Å². The van der Waals surface area contributed by atoms with Crippen LogP contribution in [0.4, 0.5) is 13.2 Å². The van der Waals surface area contributed by atoms with Crippen molar-refractivity contribution in [3.05, 3.63) is 34.6 Å². The normalized spacial score (nSPS) is 20.5. The smallest absolute Gasteiger partial charge is 0.248 e. The van der Waals surface area contributed by atoms with Crippen LogP contribution in [0, 0.1) is 25.6 Å². The molecule has 0 radical (unpaired) electrons. The minimum absolute atomic E-state index is 0.0699.